The third-order valence-electron chi connectivity index (χ3n) is 4.49. The van der Waals surface area contributed by atoms with Crippen LogP contribution in [0.4, 0.5) is 13.8 Å². The number of amides is 1. The molecule has 0 bridgehead atoms. The first kappa shape index (κ1) is 18.7. The van der Waals surface area contributed by atoms with Crippen LogP contribution in [0.3, 0.4) is 0 Å². The second-order valence-corrected chi connectivity index (χ2v) is 7.58. The second-order valence-electron chi connectivity index (χ2n) is 6.47. The highest BCUT2D eigenvalue weighted by molar-refractivity contribution is 7.17. The molecule has 26 heavy (non-hydrogen) atoms. The average Bonchev–Trinajstić information content (AvgIpc) is 2.75. The lowest BCUT2D eigenvalue weighted by Crippen LogP contribution is -2.32. The van der Waals surface area contributed by atoms with Gasteiger partial charge in [0.25, 0.3) is 0 Å². The van der Waals surface area contributed by atoms with Gasteiger partial charge in [-0.25, -0.2) is 8.78 Å². The molecule has 1 amide bonds. The quantitative estimate of drug-likeness (QED) is 0.628. The van der Waals surface area contributed by atoms with Crippen molar-refractivity contribution in [3.63, 3.8) is 0 Å². The van der Waals surface area contributed by atoms with Gasteiger partial charge in [0.1, 0.15) is 16.6 Å². The number of nitrogens with two attached hydrogens (primary N) is 1. The van der Waals surface area contributed by atoms with Crippen molar-refractivity contribution < 1.29 is 18.4 Å². The number of anilines is 1. The van der Waals surface area contributed by atoms with Crippen molar-refractivity contribution in [2.45, 2.75) is 45.1 Å². The number of rotatable bonds is 4. The van der Waals surface area contributed by atoms with Crippen LogP contribution >= 0.6 is 11.3 Å². The minimum Gasteiger partial charge on any atom is -0.320 e. The molecule has 0 saturated heterocycles. The average molecular weight is 378 g/mol. The Kier molecular flexibility index (Phi) is 5.48. The Balaban J connectivity index is 2.13. The van der Waals surface area contributed by atoms with Crippen LogP contribution in [0.2, 0.25) is 0 Å². The fraction of sp³-hybridized carbons (Fsp3) is 0.368. The Hall–Kier alpha value is -2.12. The zero-order valence-corrected chi connectivity index (χ0v) is 15.2. The maximum atomic E-state index is 14.2. The minimum atomic E-state index is -0.909. The molecule has 1 aliphatic carbocycles. The molecule has 0 aliphatic heterocycles. The topological polar surface area (TPSA) is 72.2 Å². The summed E-state index contributed by atoms with van der Waals surface area (Å²) in [5, 5.41) is 2.99. The summed E-state index contributed by atoms with van der Waals surface area (Å²) in [5.74, 6) is -2.99. The molecule has 0 saturated carbocycles. The van der Waals surface area contributed by atoms with Crippen LogP contribution in [0.1, 0.15) is 52.5 Å². The molecule has 4 nitrogen and oxygen atoms in total. The number of aryl methyl sites for hydroxylation is 1. The predicted molar refractivity (Wildman–Crippen MR) is 97.6 cm³/mol. The summed E-state index contributed by atoms with van der Waals surface area (Å²) in [4.78, 5) is 26.1. The highest BCUT2D eigenvalue weighted by Crippen LogP contribution is 2.39. The number of carbonyl (C=O) groups is 2. The van der Waals surface area contributed by atoms with E-state index < -0.39 is 34.9 Å². The van der Waals surface area contributed by atoms with E-state index in [0.717, 1.165) is 48.3 Å². The van der Waals surface area contributed by atoms with Gasteiger partial charge in [-0.2, -0.15) is 0 Å². The van der Waals surface area contributed by atoms with E-state index in [1.807, 2.05) is 0 Å². The van der Waals surface area contributed by atoms with Gasteiger partial charge in [0.15, 0.2) is 0 Å². The third-order valence-corrected chi connectivity index (χ3v) is 5.70. The Morgan fingerprint density at radius 3 is 2.42 bits per heavy atom. The molecule has 7 heteroatoms. The Bertz CT molecular complexity index is 841. The second kappa shape index (κ2) is 7.63. The first-order valence-electron chi connectivity index (χ1n) is 8.59. The first-order chi connectivity index (χ1) is 12.4. The maximum Gasteiger partial charge on any atom is 0.241 e. The van der Waals surface area contributed by atoms with E-state index in [2.05, 4.69) is 5.32 Å². The summed E-state index contributed by atoms with van der Waals surface area (Å²) in [7, 11) is 0. The normalized spacial score (nSPS) is 15.1. The van der Waals surface area contributed by atoms with E-state index in [1.54, 1.807) is 0 Å². The summed E-state index contributed by atoms with van der Waals surface area (Å²) >= 11 is 1.30. The lowest BCUT2D eigenvalue weighted by molar-refractivity contribution is -0.117. The number of carbonyl (C=O) groups excluding carboxylic acids is 2. The molecule has 0 spiro atoms. The van der Waals surface area contributed by atoms with E-state index in [0.29, 0.717) is 11.4 Å². The number of hydrogen-bond acceptors (Lipinski definition) is 4. The molecular formula is C19H20F2N2O2S. The van der Waals surface area contributed by atoms with Crippen molar-refractivity contribution >= 4 is 28.0 Å². The summed E-state index contributed by atoms with van der Waals surface area (Å²) < 4.78 is 28.3. The molecule has 1 aliphatic rings. The monoisotopic (exact) mass is 378 g/mol. The van der Waals surface area contributed by atoms with Crippen molar-refractivity contribution in [2.75, 3.05) is 5.32 Å². The van der Waals surface area contributed by atoms with Crippen LogP contribution in [0, 0.1) is 11.6 Å². The van der Waals surface area contributed by atoms with Gasteiger partial charge in [0.05, 0.1) is 17.2 Å². The molecule has 0 fully saturated rings. The molecule has 0 radical (unpaired) electrons. The van der Waals surface area contributed by atoms with E-state index in [-0.39, 0.29) is 5.56 Å². The van der Waals surface area contributed by atoms with Crippen LogP contribution < -0.4 is 11.1 Å². The van der Waals surface area contributed by atoms with Crippen molar-refractivity contribution in [3.05, 3.63) is 51.4 Å². The van der Waals surface area contributed by atoms with Gasteiger partial charge < -0.3 is 11.1 Å². The van der Waals surface area contributed by atoms with Crippen LogP contribution in [0.15, 0.2) is 18.2 Å². The van der Waals surface area contributed by atoms with E-state index in [9.17, 15) is 18.4 Å². The number of nitrogens with one attached hydrogen (secondary N) is 1. The summed E-state index contributed by atoms with van der Waals surface area (Å²) in [6, 6.07) is 2.57. The number of hydrogen-bond donors (Lipinski definition) is 2. The molecule has 1 aromatic carbocycles. The lowest BCUT2D eigenvalue weighted by Gasteiger charge is -2.11. The smallest absolute Gasteiger partial charge is 0.241 e. The maximum absolute atomic E-state index is 14.2. The van der Waals surface area contributed by atoms with Gasteiger partial charge >= 0.3 is 0 Å². The lowest BCUT2D eigenvalue weighted by atomic mass is 9.97. The van der Waals surface area contributed by atoms with Crippen molar-refractivity contribution in [1.29, 1.82) is 0 Å². The predicted octanol–water partition coefficient (Wildman–Crippen LogP) is 3.81. The van der Waals surface area contributed by atoms with Crippen molar-refractivity contribution in [3.8, 4) is 0 Å². The van der Waals surface area contributed by atoms with Gasteiger partial charge in [-0.3, -0.25) is 9.59 Å². The fourth-order valence-corrected chi connectivity index (χ4v) is 4.43. The van der Waals surface area contributed by atoms with E-state index in [1.165, 1.54) is 24.3 Å². The Morgan fingerprint density at radius 1 is 1.12 bits per heavy atom. The van der Waals surface area contributed by atoms with Gasteiger partial charge in [-0.15, -0.1) is 11.3 Å². The van der Waals surface area contributed by atoms with E-state index in [4.69, 9.17) is 5.73 Å². The SMILES string of the molecule is C[C@H](N)C(=O)Nc1sc2c(c1C(=O)c1c(F)cccc1F)CCCCC2. The molecule has 2 aromatic rings. The fourth-order valence-electron chi connectivity index (χ4n) is 3.14. The third kappa shape index (κ3) is 3.54. The summed E-state index contributed by atoms with van der Waals surface area (Å²) in [6.07, 6.45) is 4.34. The zero-order valence-electron chi connectivity index (χ0n) is 14.4. The van der Waals surface area contributed by atoms with E-state index >= 15 is 0 Å². The highest BCUT2D eigenvalue weighted by atomic mass is 32.1. The summed E-state index contributed by atoms with van der Waals surface area (Å²) in [6.45, 7) is 1.53. The van der Waals surface area contributed by atoms with Gasteiger partial charge in [-0.1, -0.05) is 12.5 Å². The molecule has 138 valence electrons. The summed E-state index contributed by atoms with van der Waals surface area (Å²) in [5.41, 5.74) is 6.01. The molecule has 3 N–H and O–H groups in total. The molecular weight excluding hydrogens is 358 g/mol. The van der Waals surface area contributed by atoms with Gasteiger partial charge in [0, 0.05) is 4.88 Å². The number of fused-ring (bicyclic) bond motifs is 1. The van der Waals surface area contributed by atoms with Crippen molar-refractivity contribution in [1.82, 2.24) is 0 Å². The Morgan fingerprint density at radius 2 is 1.77 bits per heavy atom. The zero-order chi connectivity index (χ0) is 18.8. The standard InChI is InChI=1S/C19H20F2N2O2S/c1-10(22)18(25)23-19-15(11-6-3-2-4-9-14(11)26-19)17(24)16-12(20)7-5-8-13(16)21/h5,7-8,10H,2-4,6,9,22H2,1H3,(H,23,25)/t10-/m0/s1. The number of halogens is 2. The van der Waals surface area contributed by atoms with Crippen molar-refractivity contribution in [2.24, 2.45) is 5.73 Å². The van der Waals surface area contributed by atoms with Crippen LogP contribution in [-0.2, 0) is 17.6 Å². The van der Waals surface area contributed by atoms with Crippen LogP contribution in [0.25, 0.3) is 0 Å². The number of thiophene rings is 1. The molecule has 1 atom stereocenters. The number of benzene rings is 1. The largest absolute Gasteiger partial charge is 0.320 e. The molecule has 0 unspecified atom stereocenters. The Labute approximate surface area is 154 Å². The highest BCUT2D eigenvalue weighted by Gasteiger charge is 2.29. The number of ketones is 1. The van der Waals surface area contributed by atoms with Gasteiger partial charge in [-0.05, 0) is 50.3 Å². The minimum absolute atomic E-state index is 0.199. The molecule has 1 heterocycles. The van der Waals surface area contributed by atoms with Crippen LogP contribution in [-0.4, -0.2) is 17.7 Å². The molecule has 3 rings (SSSR count). The molecule has 1 aromatic heterocycles. The van der Waals surface area contributed by atoms with Crippen LogP contribution in [0.5, 0.6) is 0 Å². The van der Waals surface area contributed by atoms with Gasteiger partial charge in [0.2, 0.25) is 11.7 Å². The first-order valence-corrected chi connectivity index (χ1v) is 9.41.